The summed E-state index contributed by atoms with van der Waals surface area (Å²) in [5.74, 6) is 1.71. The molecule has 1 aliphatic rings. The topological polar surface area (TPSA) is 41.5 Å². The molecule has 3 heteroatoms. The second-order valence-corrected chi connectivity index (χ2v) is 5.16. The fourth-order valence-corrected chi connectivity index (χ4v) is 2.52. The Morgan fingerprint density at radius 3 is 2.81 bits per heavy atom. The zero-order valence-electron chi connectivity index (χ0n) is 10.7. The highest BCUT2D eigenvalue weighted by Crippen LogP contribution is 2.29. The van der Waals surface area contributed by atoms with Crippen LogP contribution in [0.1, 0.15) is 39.5 Å². The van der Waals surface area contributed by atoms with Gasteiger partial charge in [-0.25, -0.2) is 0 Å². The van der Waals surface area contributed by atoms with Crippen molar-refractivity contribution >= 4 is 0 Å². The smallest absolute Gasteiger partial charge is 0.0698 e. The zero-order chi connectivity index (χ0) is 11.8. The van der Waals surface area contributed by atoms with E-state index in [1.807, 2.05) is 0 Å². The van der Waals surface area contributed by atoms with Gasteiger partial charge in [0.15, 0.2) is 0 Å². The molecule has 0 aromatic heterocycles. The summed E-state index contributed by atoms with van der Waals surface area (Å²) in [5, 5.41) is 12.1. The monoisotopic (exact) mass is 229 g/mol. The fourth-order valence-electron chi connectivity index (χ4n) is 2.52. The van der Waals surface area contributed by atoms with Crippen molar-refractivity contribution in [3.63, 3.8) is 0 Å². The van der Waals surface area contributed by atoms with Gasteiger partial charge in [0.25, 0.3) is 0 Å². The van der Waals surface area contributed by atoms with Crippen LogP contribution < -0.4 is 5.32 Å². The minimum atomic E-state index is 0.124. The molecule has 0 aliphatic heterocycles. The SMILES string of the molecule is CC(C)C1CCCC(NCCOCCO)C1. The number of hydrogen-bond acceptors (Lipinski definition) is 3. The highest BCUT2D eigenvalue weighted by Gasteiger charge is 2.23. The van der Waals surface area contributed by atoms with Crippen molar-refractivity contribution in [2.24, 2.45) is 11.8 Å². The summed E-state index contributed by atoms with van der Waals surface area (Å²) in [6.07, 6.45) is 5.38. The summed E-state index contributed by atoms with van der Waals surface area (Å²) in [5.41, 5.74) is 0. The van der Waals surface area contributed by atoms with Gasteiger partial charge in [0, 0.05) is 12.6 Å². The molecule has 96 valence electrons. The van der Waals surface area contributed by atoms with Crippen LogP contribution in [0, 0.1) is 11.8 Å². The number of aliphatic hydroxyl groups excluding tert-OH is 1. The van der Waals surface area contributed by atoms with E-state index in [0.29, 0.717) is 19.3 Å². The van der Waals surface area contributed by atoms with Gasteiger partial charge in [-0.15, -0.1) is 0 Å². The molecule has 0 bridgehead atoms. The first-order valence-electron chi connectivity index (χ1n) is 6.66. The highest BCUT2D eigenvalue weighted by molar-refractivity contribution is 4.79. The molecule has 0 aromatic carbocycles. The average Bonchev–Trinajstić information content (AvgIpc) is 2.29. The molecule has 0 saturated heterocycles. The molecule has 0 radical (unpaired) electrons. The van der Waals surface area contributed by atoms with Crippen molar-refractivity contribution in [1.29, 1.82) is 0 Å². The van der Waals surface area contributed by atoms with Crippen molar-refractivity contribution in [1.82, 2.24) is 5.32 Å². The van der Waals surface area contributed by atoms with Crippen LogP contribution in [0.15, 0.2) is 0 Å². The van der Waals surface area contributed by atoms with E-state index < -0.39 is 0 Å². The quantitative estimate of drug-likeness (QED) is 0.654. The molecule has 0 spiro atoms. The Bertz CT molecular complexity index is 173. The predicted octanol–water partition coefficient (Wildman–Crippen LogP) is 1.80. The molecule has 16 heavy (non-hydrogen) atoms. The van der Waals surface area contributed by atoms with Gasteiger partial charge < -0.3 is 15.2 Å². The average molecular weight is 229 g/mol. The largest absolute Gasteiger partial charge is 0.394 e. The third-order valence-corrected chi connectivity index (χ3v) is 3.57. The molecule has 0 heterocycles. The van der Waals surface area contributed by atoms with Crippen LogP contribution in [-0.2, 0) is 4.74 Å². The van der Waals surface area contributed by atoms with Crippen LogP contribution in [0.4, 0.5) is 0 Å². The van der Waals surface area contributed by atoms with Crippen molar-refractivity contribution in [3.8, 4) is 0 Å². The second kappa shape index (κ2) is 8.04. The molecule has 1 rings (SSSR count). The first-order chi connectivity index (χ1) is 7.74. The molecule has 1 fully saturated rings. The molecule has 2 atom stereocenters. The molecule has 2 unspecified atom stereocenters. The van der Waals surface area contributed by atoms with Crippen LogP contribution in [-0.4, -0.2) is 37.5 Å². The third-order valence-electron chi connectivity index (χ3n) is 3.57. The van der Waals surface area contributed by atoms with Crippen molar-refractivity contribution in [2.45, 2.75) is 45.6 Å². The molecule has 3 nitrogen and oxygen atoms in total. The summed E-state index contributed by atoms with van der Waals surface area (Å²) in [6.45, 7) is 6.87. The van der Waals surface area contributed by atoms with Crippen molar-refractivity contribution < 1.29 is 9.84 Å². The summed E-state index contributed by atoms with van der Waals surface area (Å²) >= 11 is 0. The van der Waals surface area contributed by atoms with E-state index in [-0.39, 0.29) is 6.61 Å². The molecule has 2 N–H and O–H groups in total. The van der Waals surface area contributed by atoms with Gasteiger partial charge in [-0.1, -0.05) is 26.7 Å². The van der Waals surface area contributed by atoms with Crippen LogP contribution in [0.3, 0.4) is 0 Å². The van der Waals surface area contributed by atoms with Crippen molar-refractivity contribution in [3.05, 3.63) is 0 Å². The first kappa shape index (κ1) is 13.9. The normalized spacial score (nSPS) is 26.2. The van der Waals surface area contributed by atoms with Crippen LogP contribution in [0.5, 0.6) is 0 Å². The summed E-state index contributed by atoms with van der Waals surface area (Å²) in [6, 6.07) is 0.680. The van der Waals surface area contributed by atoms with Crippen LogP contribution in [0.25, 0.3) is 0 Å². The van der Waals surface area contributed by atoms with E-state index in [9.17, 15) is 0 Å². The molecular formula is C13H27NO2. The van der Waals surface area contributed by atoms with E-state index in [0.717, 1.165) is 18.4 Å². The minimum Gasteiger partial charge on any atom is -0.394 e. The Hall–Kier alpha value is -0.120. The van der Waals surface area contributed by atoms with E-state index >= 15 is 0 Å². The lowest BCUT2D eigenvalue weighted by atomic mass is 9.79. The highest BCUT2D eigenvalue weighted by atomic mass is 16.5. The van der Waals surface area contributed by atoms with Gasteiger partial charge in [0.1, 0.15) is 0 Å². The summed E-state index contributed by atoms with van der Waals surface area (Å²) in [4.78, 5) is 0. The fraction of sp³-hybridized carbons (Fsp3) is 1.00. The van der Waals surface area contributed by atoms with Crippen LogP contribution in [0.2, 0.25) is 0 Å². The lowest BCUT2D eigenvalue weighted by Gasteiger charge is -2.32. The third kappa shape index (κ3) is 5.28. The Balaban J connectivity index is 2.07. The number of nitrogens with one attached hydrogen (secondary N) is 1. The van der Waals surface area contributed by atoms with Gasteiger partial charge >= 0.3 is 0 Å². The summed E-state index contributed by atoms with van der Waals surface area (Å²) in [7, 11) is 0. The Labute approximate surface area is 99.6 Å². The predicted molar refractivity (Wildman–Crippen MR) is 66.5 cm³/mol. The standard InChI is InChI=1S/C13H27NO2/c1-11(2)12-4-3-5-13(10-12)14-6-8-16-9-7-15/h11-15H,3-10H2,1-2H3. The Morgan fingerprint density at radius 1 is 1.31 bits per heavy atom. The van der Waals surface area contributed by atoms with Gasteiger partial charge in [-0.05, 0) is 24.7 Å². The molecule has 1 aliphatic carbocycles. The van der Waals surface area contributed by atoms with Gasteiger partial charge in [-0.2, -0.15) is 0 Å². The van der Waals surface area contributed by atoms with Gasteiger partial charge in [0.2, 0.25) is 0 Å². The number of aliphatic hydroxyl groups is 1. The van der Waals surface area contributed by atoms with Gasteiger partial charge in [-0.3, -0.25) is 0 Å². The Kier molecular flexibility index (Phi) is 7.01. The minimum absolute atomic E-state index is 0.124. The lowest BCUT2D eigenvalue weighted by Crippen LogP contribution is -2.37. The summed E-state index contributed by atoms with van der Waals surface area (Å²) < 4.78 is 5.24. The zero-order valence-corrected chi connectivity index (χ0v) is 10.7. The van der Waals surface area contributed by atoms with E-state index in [1.54, 1.807) is 0 Å². The Morgan fingerprint density at radius 2 is 2.12 bits per heavy atom. The van der Waals surface area contributed by atoms with E-state index in [2.05, 4.69) is 19.2 Å². The maximum atomic E-state index is 8.56. The van der Waals surface area contributed by atoms with Crippen molar-refractivity contribution in [2.75, 3.05) is 26.4 Å². The van der Waals surface area contributed by atoms with Gasteiger partial charge in [0.05, 0.1) is 19.8 Å². The number of hydrogen-bond donors (Lipinski definition) is 2. The lowest BCUT2D eigenvalue weighted by molar-refractivity contribution is 0.0905. The molecule has 0 aromatic rings. The number of rotatable bonds is 7. The maximum Gasteiger partial charge on any atom is 0.0698 e. The molecule has 0 amide bonds. The molecular weight excluding hydrogens is 202 g/mol. The van der Waals surface area contributed by atoms with Crippen LogP contribution >= 0.6 is 0 Å². The first-order valence-corrected chi connectivity index (χ1v) is 6.66. The maximum absolute atomic E-state index is 8.56. The van der Waals surface area contributed by atoms with E-state index in [1.165, 1.54) is 25.7 Å². The van der Waals surface area contributed by atoms with E-state index in [4.69, 9.17) is 9.84 Å². The second-order valence-electron chi connectivity index (χ2n) is 5.16. The number of ether oxygens (including phenoxy) is 1. The molecule has 1 saturated carbocycles.